The lowest BCUT2D eigenvalue weighted by Gasteiger charge is -2.15. The molecule has 1 atom stereocenters. The summed E-state index contributed by atoms with van der Waals surface area (Å²) in [6.07, 6.45) is 2.63. The van der Waals surface area contributed by atoms with Crippen molar-refractivity contribution in [3.8, 4) is 0 Å². The molecule has 120 valence electrons. The fourth-order valence-corrected chi connectivity index (χ4v) is 2.50. The first-order chi connectivity index (χ1) is 9.81. The van der Waals surface area contributed by atoms with E-state index in [2.05, 4.69) is 10.3 Å². The van der Waals surface area contributed by atoms with Crippen LogP contribution >= 0.6 is 10.7 Å². The Balaban J connectivity index is 2.98. The Labute approximate surface area is 129 Å². The highest BCUT2D eigenvalue weighted by molar-refractivity contribution is 8.13. The van der Waals surface area contributed by atoms with Gasteiger partial charge in [-0.2, -0.15) is 0 Å². The molecule has 0 aliphatic rings. The topological polar surface area (TPSA) is 90.3 Å². The van der Waals surface area contributed by atoms with Gasteiger partial charge in [0.25, 0.3) is 9.05 Å². The van der Waals surface area contributed by atoms with E-state index in [1.54, 1.807) is 18.6 Å². The van der Waals surface area contributed by atoms with Crippen molar-refractivity contribution in [3.05, 3.63) is 12.0 Å². The Kier molecular flexibility index (Phi) is 6.63. The van der Waals surface area contributed by atoms with Crippen LogP contribution in [0.15, 0.2) is 11.2 Å². The molecule has 1 aromatic rings. The van der Waals surface area contributed by atoms with Gasteiger partial charge in [-0.1, -0.05) is 6.92 Å². The summed E-state index contributed by atoms with van der Waals surface area (Å²) in [6, 6.07) is -0.580. The summed E-state index contributed by atoms with van der Waals surface area (Å²) >= 11 is 0. The molecule has 21 heavy (non-hydrogen) atoms. The van der Waals surface area contributed by atoms with Gasteiger partial charge in [0.05, 0.1) is 6.61 Å². The zero-order chi connectivity index (χ0) is 16.0. The molecule has 0 bridgehead atoms. The Morgan fingerprint density at radius 3 is 2.76 bits per heavy atom. The fraction of sp³-hybridized carbons (Fsp3) is 0.667. The molecule has 7 nitrogen and oxygen atoms in total. The van der Waals surface area contributed by atoms with Crippen molar-refractivity contribution in [1.29, 1.82) is 0 Å². The van der Waals surface area contributed by atoms with Crippen LogP contribution in [0.5, 0.6) is 0 Å². The number of halogens is 1. The molecule has 0 aromatic carbocycles. The van der Waals surface area contributed by atoms with Gasteiger partial charge in [0.15, 0.2) is 5.03 Å². The number of hydrogen-bond donors (Lipinski definition) is 1. The minimum Gasteiger partial charge on any atom is -0.383 e. The smallest absolute Gasteiger partial charge is 0.280 e. The van der Waals surface area contributed by atoms with Gasteiger partial charge in [0, 0.05) is 37.0 Å². The third-order valence-corrected chi connectivity index (χ3v) is 4.08. The summed E-state index contributed by atoms with van der Waals surface area (Å²) < 4.78 is 29.2. The summed E-state index contributed by atoms with van der Waals surface area (Å²) in [6.45, 7) is 4.41. The molecule has 1 N–H and O–H groups in total. The number of nitrogens with one attached hydrogen (secondary N) is 1. The lowest BCUT2D eigenvalue weighted by molar-refractivity contribution is -0.124. The molecule has 1 unspecified atom stereocenters. The molecule has 9 heteroatoms. The van der Waals surface area contributed by atoms with Gasteiger partial charge in [-0.25, -0.2) is 13.4 Å². The van der Waals surface area contributed by atoms with E-state index in [1.165, 1.54) is 6.20 Å². The third-order valence-electron chi connectivity index (χ3n) is 2.91. The highest BCUT2D eigenvalue weighted by atomic mass is 35.7. The van der Waals surface area contributed by atoms with E-state index in [0.717, 1.165) is 6.42 Å². The van der Waals surface area contributed by atoms with Crippen LogP contribution in [0, 0.1) is 0 Å². The standard InChI is InChI=1S/C12H20ClN3O4S/c1-4-5-10-15-11(21(13,18)19)8-16(10)9(2)12(17)14-6-7-20-3/h8-9H,4-7H2,1-3H3,(H,14,17). The van der Waals surface area contributed by atoms with Crippen LogP contribution in [0.25, 0.3) is 0 Å². The average molecular weight is 338 g/mol. The van der Waals surface area contributed by atoms with Gasteiger partial charge in [-0.3, -0.25) is 4.79 Å². The number of aromatic nitrogens is 2. The second-order valence-corrected chi connectivity index (χ2v) is 7.06. The van der Waals surface area contributed by atoms with Crippen LogP contribution in [-0.2, 0) is 25.0 Å². The van der Waals surface area contributed by atoms with Crippen LogP contribution in [0.2, 0.25) is 0 Å². The van der Waals surface area contributed by atoms with Crippen molar-refractivity contribution in [2.24, 2.45) is 0 Å². The molecule has 1 rings (SSSR count). The maximum Gasteiger partial charge on any atom is 0.280 e. The van der Waals surface area contributed by atoms with Crippen LogP contribution in [0.4, 0.5) is 0 Å². The van der Waals surface area contributed by atoms with Crippen molar-refractivity contribution < 1.29 is 17.9 Å². The zero-order valence-electron chi connectivity index (χ0n) is 12.3. The van der Waals surface area contributed by atoms with Gasteiger partial charge in [0.2, 0.25) is 5.91 Å². The number of nitrogens with zero attached hydrogens (tertiary/aromatic N) is 2. The number of imidazole rings is 1. The molecule has 1 aromatic heterocycles. The molecular weight excluding hydrogens is 318 g/mol. The van der Waals surface area contributed by atoms with Crippen molar-refractivity contribution in [3.63, 3.8) is 0 Å². The first-order valence-corrected chi connectivity index (χ1v) is 8.91. The van der Waals surface area contributed by atoms with E-state index in [9.17, 15) is 13.2 Å². The van der Waals surface area contributed by atoms with E-state index in [4.69, 9.17) is 15.4 Å². The predicted molar refractivity (Wildman–Crippen MR) is 78.9 cm³/mol. The maximum absolute atomic E-state index is 12.0. The van der Waals surface area contributed by atoms with Gasteiger partial charge in [-0.05, 0) is 13.3 Å². The van der Waals surface area contributed by atoms with Gasteiger partial charge in [0.1, 0.15) is 11.9 Å². The molecule has 0 saturated heterocycles. The largest absolute Gasteiger partial charge is 0.383 e. The Hall–Kier alpha value is -1.12. The number of aryl methyl sites for hydroxylation is 1. The molecule has 1 heterocycles. The van der Waals surface area contributed by atoms with E-state index in [0.29, 0.717) is 25.4 Å². The minimum atomic E-state index is -3.91. The number of ether oxygens (including phenoxy) is 1. The summed E-state index contributed by atoms with van der Waals surface area (Å²) in [4.78, 5) is 16.0. The molecular formula is C12H20ClN3O4S. The van der Waals surface area contributed by atoms with Crippen molar-refractivity contribution in [2.75, 3.05) is 20.3 Å². The minimum absolute atomic E-state index is 0.232. The fourth-order valence-electron chi connectivity index (χ4n) is 1.82. The van der Waals surface area contributed by atoms with Crippen LogP contribution in [-0.4, -0.2) is 44.1 Å². The molecule has 0 aliphatic heterocycles. The molecule has 1 amide bonds. The highest BCUT2D eigenvalue weighted by Gasteiger charge is 2.23. The second-order valence-electron chi connectivity index (χ2n) is 4.55. The molecule has 0 radical (unpaired) electrons. The number of rotatable bonds is 8. The van der Waals surface area contributed by atoms with Crippen LogP contribution in [0.3, 0.4) is 0 Å². The molecule has 0 saturated carbocycles. The quantitative estimate of drug-likeness (QED) is 0.566. The normalized spacial score (nSPS) is 13.1. The Bertz CT molecular complexity index is 585. The first kappa shape index (κ1) is 17.9. The SMILES string of the molecule is CCCc1nc(S(=O)(=O)Cl)cn1C(C)C(=O)NCCOC. The monoisotopic (exact) mass is 337 g/mol. The summed E-state index contributed by atoms with van der Waals surface area (Å²) in [5.74, 6) is 0.284. The average Bonchev–Trinajstić information content (AvgIpc) is 2.82. The number of amides is 1. The number of hydrogen-bond acceptors (Lipinski definition) is 5. The van der Waals surface area contributed by atoms with E-state index in [1.807, 2.05) is 6.92 Å². The first-order valence-electron chi connectivity index (χ1n) is 6.60. The molecule has 0 fully saturated rings. The number of methoxy groups -OCH3 is 1. The number of carbonyl (C=O) groups is 1. The summed E-state index contributed by atoms with van der Waals surface area (Å²) in [5.41, 5.74) is 0. The van der Waals surface area contributed by atoms with Crippen molar-refractivity contribution >= 4 is 25.6 Å². The van der Waals surface area contributed by atoms with E-state index in [-0.39, 0.29) is 10.9 Å². The maximum atomic E-state index is 12.0. The Morgan fingerprint density at radius 2 is 2.24 bits per heavy atom. The van der Waals surface area contributed by atoms with E-state index >= 15 is 0 Å². The highest BCUT2D eigenvalue weighted by Crippen LogP contribution is 2.19. The summed E-state index contributed by atoms with van der Waals surface area (Å²) in [5, 5.41) is 2.47. The van der Waals surface area contributed by atoms with Crippen LogP contribution < -0.4 is 5.32 Å². The number of carbonyl (C=O) groups excluding carboxylic acids is 1. The zero-order valence-corrected chi connectivity index (χ0v) is 13.9. The predicted octanol–water partition coefficient (Wildman–Crippen LogP) is 1.09. The van der Waals surface area contributed by atoms with Gasteiger partial charge in [-0.15, -0.1) is 0 Å². The molecule has 0 spiro atoms. The second kappa shape index (κ2) is 7.77. The lowest BCUT2D eigenvalue weighted by Crippen LogP contribution is -2.33. The van der Waals surface area contributed by atoms with E-state index < -0.39 is 15.1 Å². The lowest BCUT2D eigenvalue weighted by atomic mass is 10.2. The van der Waals surface area contributed by atoms with Crippen molar-refractivity contribution in [2.45, 2.75) is 37.8 Å². The molecule has 0 aliphatic carbocycles. The van der Waals surface area contributed by atoms with Crippen molar-refractivity contribution in [1.82, 2.24) is 14.9 Å². The summed E-state index contributed by atoms with van der Waals surface area (Å²) in [7, 11) is 2.94. The van der Waals surface area contributed by atoms with Crippen LogP contribution in [0.1, 0.15) is 32.1 Å². The van der Waals surface area contributed by atoms with Gasteiger partial charge < -0.3 is 14.6 Å². The third kappa shape index (κ3) is 4.98. The Morgan fingerprint density at radius 1 is 1.57 bits per heavy atom. The van der Waals surface area contributed by atoms with Gasteiger partial charge >= 0.3 is 0 Å².